The first kappa shape index (κ1) is 19.8. The molecule has 3 heterocycles. The fourth-order valence-corrected chi connectivity index (χ4v) is 4.23. The summed E-state index contributed by atoms with van der Waals surface area (Å²) in [5, 5.41) is 11.4. The SMILES string of the molecule is Cc1ccc2nc(N3CCCC(O)C3)c(CN(C)Cc3ccnc(C)c3)cc2c1. The predicted molar refractivity (Wildman–Crippen MR) is 118 cm³/mol. The van der Waals surface area contributed by atoms with E-state index < -0.39 is 0 Å². The molecule has 0 amide bonds. The zero-order chi connectivity index (χ0) is 20.4. The van der Waals surface area contributed by atoms with Crippen molar-refractivity contribution < 1.29 is 5.11 Å². The fourth-order valence-electron chi connectivity index (χ4n) is 4.23. The number of nitrogens with zero attached hydrogens (tertiary/aromatic N) is 4. The average Bonchev–Trinajstić information content (AvgIpc) is 2.67. The number of pyridine rings is 2. The third-order valence-electron chi connectivity index (χ3n) is 5.58. The van der Waals surface area contributed by atoms with Crippen LogP contribution in [0.15, 0.2) is 42.6 Å². The van der Waals surface area contributed by atoms with Crippen LogP contribution in [-0.4, -0.2) is 46.2 Å². The first-order valence-corrected chi connectivity index (χ1v) is 10.4. The number of aromatic nitrogens is 2. The van der Waals surface area contributed by atoms with E-state index in [0.717, 1.165) is 49.5 Å². The maximum Gasteiger partial charge on any atom is 0.133 e. The molecular formula is C24H30N4O. The Balaban J connectivity index is 1.65. The maximum absolute atomic E-state index is 10.2. The van der Waals surface area contributed by atoms with Crippen molar-refractivity contribution in [1.29, 1.82) is 0 Å². The van der Waals surface area contributed by atoms with Gasteiger partial charge in [-0.25, -0.2) is 4.98 Å². The van der Waals surface area contributed by atoms with Gasteiger partial charge in [0.15, 0.2) is 0 Å². The van der Waals surface area contributed by atoms with E-state index in [1.807, 2.05) is 13.1 Å². The molecule has 1 aromatic carbocycles. The van der Waals surface area contributed by atoms with Gasteiger partial charge in [0.25, 0.3) is 0 Å². The number of aryl methyl sites for hydroxylation is 2. The Bertz CT molecular complexity index is 1000. The van der Waals surface area contributed by atoms with Crippen LogP contribution in [0.2, 0.25) is 0 Å². The molecule has 0 radical (unpaired) electrons. The molecule has 0 spiro atoms. The average molecular weight is 391 g/mol. The number of piperidine rings is 1. The van der Waals surface area contributed by atoms with Crippen LogP contribution >= 0.6 is 0 Å². The Morgan fingerprint density at radius 1 is 1.14 bits per heavy atom. The van der Waals surface area contributed by atoms with Crippen molar-refractivity contribution in [3.63, 3.8) is 0 Å². The van der Waals surface area contributed by atoms with Gasteiger partial charge in [-0.1, -0.05) is 11.6 Å². The molecule has 1 aliphatic heterocycles. The molecule has 29 heavy (non-hydrogen) atoms. The van der Waals surface area contributed by atoms with Crippen molar-refractivity contribution in [3.8, 4) is 0 Å². The largest absolute Gasteiger partial charge is 0.391 e. The Morgan fingerprint density at radius 2 is 2.00 bits per heavy atom. The normalized spacial score (nSPS) is 17.3. The lowest BCUT2D eigenvalue weighted by Gasteiger charge is -2.33. The topological polar surface area (TPSA) is 52.5 Å². The molecule has 5 nitrogen and oxygen atoms in total. The van der Waals surface area contributed by atoms with E-state index in [1.54, 1.807) is 0 Å². The molecule has 5 heteroatoms. The van der Waals surface area contributed by atoms with E-state index >= 15 is 0 Å². The number of hydrogen-bond donors (Lipinski definition) is 1. The third kappa shape index (κ3) is 4.74. The highest BCUT2D eigenvalue weighted by molar-refractivity contribution is 5.82. The van der Waals surface area contributed by atoms with Crippen LogP contribution in [0.25, 0.3) is 10.9 Å². The number of rotatable bonds is 5. The minimum absolute atomic E-state index is 0.273. The Morgan fingerprint density at radius 3 is 2.79 bits per heavy atom. The molecule has 1 fully saturated rings. The van der Waals surface area contributed by atoms with Gasteiger partial charge in [0.05, 0.1) is 11.6 Å². The summed E-state index contributed by atoms with van der Waals surface area (Å²) in [5.41, 5.74) is 5.78. The van der Waals surface area contributed by atoms with Crippen LogP contribution < -0.4 is 4.90 Å². The van der Waals surface area contributed by atoms with Gasteiger partial charge in [-0.2, -0.15) is 0 Å². The fraction of sp³-hybridized carbons (Fsp3) is 0.417. The molecule has 3 aromatic rings. The van der Waals surface area contributed by atoms with Gasteiger partial charge in [-0.3, -0.25) is 9.88 Å². The summed E-state index contributed by atoms with van der Waals surface area (Å²) in [5.74, 6) is 1.01. The van der Waals surface area contributed by atoms with Crippen molar-refractivity contribution in [1.82, 2.24) is 14.9 Å². The Labute approximate surface area is 173 Å². The van der Waals surface area contributed by atoms with Crippen LogP contribution in [-0.2, 0) is 13.1 Å². The highest BCUT2D eigenvalue weighted by Crippen LogP contribution is 2.28. The lowest BCUT2D eigenvalue weighted by Crippen LogP contribution is -2.39. The van der Waals surface area contributed by atoms with Crippen LogP contribution in [0, 0.1) is 13.8 Å². The zero-order valence-electron chi connectivity index (χ0n) is 17.6. The first-order valence-electron chi connectivity index (χ1n) is 10.4. The molecule has 0 bridgehead atoms. The summed E-state index contributed by atoms with van der Waals surface area (Å²) in [4.78, 5) is 13.9. The van der Waals surface area contributed by atoms with E-state index in [0.29, 0.717) is 6.54 Å². The van der Waals surface area contributed by atoms with Crippen LogP contribution in [0.5, 0.6) is 0 Å². The summed E-state index contributed by atoms with van der Waals surface area (Å²) < 4.78 is 0. The number of hydrogen-bond acceptors (Lipinski definition) is 5. The van der Waals surface area contributed by atoms with E-state index in [4.69, 9.17) is 4.98 Å². The summed E-state index contributed by atoms with van der Waals surface area (Å²) >= 11 is 0. The summed E-state index contributed by atoms with van der Waals surface area (Å²) in [7, 11) is 2.14. The number of anilines is 1. The molecule has 1 N–H and O–H groups in total. The number of benzene rings is 1. The van der Waals surface area contributed by atoms with Crippen molar-refractivity contribution in [2.75, 3.05) is 25.0 Å². The van der Waals surface area contributed by atoms with Gasteiger partial charge in [0.2, 0.25) is 0 Å². The molecular weight excluding hydrogens is 360 g/mol. The number of aliphatic hydroxyl groups excluding tert-OH is 1. The lowest BCUT2D eigenvalue weighted by atomic mass is 10.1. The number of fused-ring (bicyclic) bond motifs is 1. The van der Waals surface area contributed by atoms with Gasteiger partial charge in [-0.05, 0) is 69.6 Å². The molecule has 1 unspecified atom stereocenters. The summed E-state index contributed by atoms with van der Waals surface area (Å²) in [6.45, 7) is 7.41. The molecule has 0 saturated carbocycles. The molecule has 1 atom stereocenters. The summed E-state index contributed by atoms with van der Waals surface area (Å²) in [6.07, 6.45) is 3.48. The van der Waals surface area contributed by atoms with Gasteiger partial charge < -0.3 is 10.0 Å². The van der Waals surface area contributed by atoms with Crippen LogP contribution in [0.1, 0.15) is 35.2 Å². The zero-order valence-corrected chi connectivity index (χ0v) is 17.6. The number of aliphatic hydroxyl groups is 1. The first-order chi connectivity index (χ1) is 14.0. The standard InChI is InChI=1S/C24H30N4O/c1-17-6-7-23-20(11-17)13-21(24(26-23)28-10-4-5-22(29)16-28)15-27(3)14-19-8-9-25-18(2)12-19/h6-9,11-13,22,29H,4-5,10,14-16H2,1-3H3. The molecule has 0 aliphatic carbocycles. The molecule has 1 aliphatic rings. The molecule has 4 rings (SSSR count). The minimum atomic E-state index is -0.273. The monoisotopic (exact) mass is 390 g/mol. The highest BCUT2D eigenvalue weighted by atomic mass is 16.3. The Kier molecular flexibility index (Phi) is 5.79. The van der Waals surface area contributed by atoms with Crippen LogP contribution in [0.4, 0.5) is 5.82 Å². The van der Waals surface area contributed by atoms with Crippen molar-refractivity contribution in [2.24, 2.45) is 0 Å². The van der Waals surface area contributed by atoms with Crippen molar-refractivity contribution in [2.45, 2.75) is 45.9 Å². The van der Waals surface area contributed by atoms with E-state index in [1.165, 1.54) is 22.1 Å². The highest BCUT2D eigenvalue weighted by Gasteiger charge is 2.22. The molecule has 152 valence electrons. The van der Waals surface area contributed by atoms with Gasteiger partial charge in [0.1, 0.15) is 5.82 Å². The smallest absolute Gasteiger partial charge is 0.133 e. The van der Waals surface area contributed by atoms with E-state index in [2.05, 4.69) is 65.2 Å². The quantitative estimate of drug-likeness (QED) is 0.717. The molecule has 2 aromatic heterocycles. The number of β-amino-alcohol motifs (C(OH)–C–C–N with tert-alkyl or cyclic N) is 1. The van der Waals surface area contributed by atoms with E-state index in [9.17, 15) is 5.11 Å². The lowest BCUT2D eigenvalue weighted by molar-refractivity contribution is 0.153. The van der Waals surface area contributed by atoms with Gasteiger partial charge >= 0.3 is 0 Å². The third-order valence-corrected chi connectivity index (χ3v) is 5.58. The van der Waals surface area contributed by atoms with E-state index in [-0.39, 0.29) is 6.10 Å². The second-order valence-electron chi connectivity index (χ2n) is 8.39. The van der Waals surface area contributed by atoms with Gasteiger partial charge in [0, 0.05) is 49.0 Å². The van der Waals surface area contributed by atoms with Gasteiger partial charge in [-0.15, -0.1) is 0 Å². The maximum atomic E-state index is 10.2. The van der Waals surface area contributed by atoms with Crippen molar-refractivity contribution in [3.05, 3.63) is 65.0 Å². The van der Waals surface area contributed by atoms with Crippen molar-refractivity contribution >= 4 is 16.7 Å². The minimum Gasteiger partial charge on any atom is -0.391 e. The summed E-state index contributed by atoms with van der Waals surface area (Å²) in [6, 6.07) is 12.9. The second kappa shape index (κ2) is 8.47. The predicted octanol–water partition coefficient (Wildman–Crippen LogP) is 3.84. The second-order valence-corrected chi connectivity index (χ2v) is 8.39. The van der Waals surface area contributed by atoms with Crippen LogP contribution in [0.3, 0.4) is 0 Å². The molecule has 1 saturated heterocycles. The Hall–Kier alpha value is -2.50.